The zero-order chi connectivity index (χ0) is 15.4. The van der Waals surface area contributed by atoms with E-state index in [-0.39, 0.29) is 11.6 Å². The third-order valence-electron chi connectivity index (χ3n) is 2.94. The highest BCUT2D eigenvalue weighted by Gasteiger charge is 2.08. The Labute approximate surface area is 135 Å². The topological polar surface area (TPSA) is 72.7 Å². The first-order valence-electron chi connectivity index (χ1n) is 6.55. The molecule has 1 N–H and O–H groups in total. The van der Waals surface area contributed by atoms with Crippen molar-refractivity contribution in [3.8, 4) is 0 Å². The third kappa shape index (κ3) is 3.56. The molecule has 1 aromatic carbocycles. The lowest BCUT2D eigenvalue weighted by atomic mass is 10.2. The van der Waals surface area contributed by atoms with E-state index >= 15 is 0 Å². The molecule has 0 aliphatic heterocycles. The van der Waals surface area contributed by atoms with Gasteiger partial charge in [0.2, 0.25) is 0 Å². The Bertz CT molecular complexity index is 770. The molecule has 1 amide bonds. The lowest BCUT2D eigenvalue weighted by Gasteiger charge is -2.02. The van der Waals surface area contributed by atoms with Crippen LogP contribution in [-0.2, 0) is 6.54 Å². The summed E-state index contributed by atoms with van der Waals surface area (Å²) in [5.41, 5.74) is 2.01. The average molecular weight is 358 g/mol. The van der Waals surface area contributed by atoms with Gasteiger partial charge in [-0.1, -0.05) is 28.1 Å². The van der Waals surface area contributed by atoms with Gasteiger partial charge in [-0.05, 0) is 17.7 Å². The van der Waals surface area contributed by atoms with Crippen LogP contribution in [0.5, 0.6) is 0 Å². The van der Waals surface area contributed by atoms with Gasteiger partial charge in [0, 0.05) is 23.1 Å². The van der Waals surface area contributed by atoms with Gasteiger partial charge in [0.25, 0.3) is 5.91 Å². The fourth-order valence-electron chi connectivity index (χ4n) is 1.90. The van der Waals surface area contributed by atoms with Crippen LogP contribution in [0.3, 0.4) is 0 Å². The van der Waals surface area contributed by atoms with Crippen molar-refractivity contribution in [3.63, 3.8) is 0 Å². The summed E-state index contributed by atoms with van der Waals surface area (Å²) in [6, 6.07) is 8.00. The highest BCUT2D eigenvalue weighted by molar-refractivity contribution is 9.10. The molecule has 3 aromatic rings. The number of benzene rings is 1. The Morgan fingerprint density at radius 3 is 2.73 bits per heavy atom. The monoisotopic (exact) mass is 357 g/mol. The van der Waals surface area contributed by atoms with Crippen LogP contribution in [0.1, 0.15) is 16.1 Å². The van der Waals surface area contributed by atoms with Crippen molar-refractivity contribution in [3.05, 3.63) is 71.0 Å². The first-order chi connectivity index (χ1) is 10.7. The maximum Gasteiger partial charge on any atom is 0.275 e. The fourth-order valence-corrected chi connectivity index (χ4v) is 2.17. The molecule has 0 aliphatic rings. The Kier molecular flexibility index (Phi) is 4.24. The molecule has 2 heterocycles. The predicted octanol–water partition coefficient (Wildman–Crippen LogP) is 2.74. The molecule has 0 radical (unpaired) electrons. The Balaban J connectivity index is 1.66. The normalized spacial score (nSPS) is 10.4. The van der Waals surface area contributed by atoms with Gasteiger partial charge in [-0.25, -0.2) is 4.98 Å². The number of halogens is 1. The van der Waals surface area contributed by atoms with E-state index in [0.29, 0.717) is 12.2 Å². The lowest BCUT2D eigenvalue weighted by molar-refractivity contribution is 0.102. The highest BCUT2D eigenvalue weighted by Crippen LogP contribution is 2.13. The number of amides is 1. The average Bonchev–Trinajstić information content (AvgIpc) is 2.97. The highest BCUT2D eigenvalue weighted by atomic mass is 79.9. The molecule has 110 valence electrons. The molecular formula is C15H12BrN5O. The minimum Gasteiger partial charge on any atom is -0.318 e. The SMILES string of the molecule is O=C(Nc1cnn(Cc2ccc(Br)cc2)c1)c1cnccn1. The second kappa shape index (κ2) is 6.48. The van der Waals surface area contributed by atoms with Gasteiger partial charge in [0.15, 0.2) is 0 Å². The molecule has 0 bridgehead atoms. The number of rotatable bonds is 4. The molecule has 22 heavy (non-hydrogen) atoms. The number of carbonyl (C=O) groups excluding carboxylic acids is 1. The molecule has 2 aromatic heterocycles. The number of nitrogens with zero attached hydrogens (tertiary/aromatic N) is 4. The van der Waals surface area contributed by atoms with E-state index in [4.69, 9.17) is 0 Å². The van der Waals surface area contributed by atoms with E-state index in [1.54, 1.807) is 17.1 Å². The summed E-state index contributed by atoms with van der Waals surface area (Å²) >= 11 is 3.40. The van der Waals surface area contributed by atoms with Gasteiger partial charge in [0.1, 0.15) is 5.69 Å². The smallest absolute Gasteiger partial charge is 0.275 e. The molecule has 6 nitrogen and oxygen atoms in total. The largest absolute Gasteiger partial charge is 0.318 e. The molecule has 7 heteroatoms. The van der Waals surface area contributed by atoms with Crippen molar-refractivity contribution in [1.29, 1.82) is 0 Å². The van der Waals surface area contributed by atoms with Gasteiger partial charge >= 0.3 is 0 Å². The van der Waals surface area contributed by atoms with Crippen LogP contribution in [0, 0.1) is 0 Å². The first kappa shape index (κ1) is 14.4. The molecule has 0 saturated carbocycles. The van der Waals surface area contributed by atoms with Gasteiger partial charge in [0.05, 0.1) is 24.6 Å². The summed E-state index contributed by atoms with van der Waals surface area (Å²) in [4.78, 5) is 19.8. The second-order valence-electron chi connectivity index (χ2n) is 4.60. The molecule has 0 unspecified atom stereocenters. The number of carbonyl (C=O) groups is 1. The van der Waals surface area contributed by atoms with E-state index in [0.717, 1.165) is 10.0 Å². The van der Waals surface area contributed by atoms with Crippen molar-refractivity contribution in [1.82, 2.24) is 19.7 Å². The van der Waals surface area contributed by atoms with Gasteiger partial charge in [-0.2, -0.15) is 5.10 Å². The number of nitrogens with one attached hydrogen (secondary N) is 1. The van der Waals surface area contributed by atoms with Crippen LogP contribution >= 0.6 is 15.9 Å². The zero-order valence-corrected chi connectivity index (χ0v) is 13.1. The summed E-state index contributed by atoms with van der Waals surface area (Å²) in [5, 5.41) is 6.98. The summed E-state index contributed by atoms with van der Waals surface area (Å²) in [6.45, 7) is 0.633. The van der Waals surface area contributed by atoms with Crippen molar-refractivity contribution in [2.75, 3.05) is 5.32 Å². The summed E-state index contributed by atoms with van der Waals surface area (Å²) in [7, 11) is 0. The lowest BCUT2D eigenvalue weighted by Crippen LogP contribution is -2.13. The number of hydrogen-bond acceptors (Lipinski definition) is 4. The molecule has 3 rings (SSSR count). The minimum absolute atomic E-state index is 0.267. The Morgan fingerprint density at radius 2 is 2.00 bits per heavy atom. The van der Waals surface area contributed by atoms with Gasteiger partial charge in [-0.15, -0.1) is 0 Å². The number of anilines is 1. The Hall–Kier alpha value is -2.54. The van der Waals surface area contributed by atoms with Gasteiger partial charge < -0.3 is 5.32 Å². The zero-order valence-electron chi connectivity index (χ0n) is 11.5. The molecule has 0 spiro atoms. The summed E-state index contributed by atoms with van der Waals surface area (Å²) in [6.07, 6.45) is 7.80. The van der Waals surface area contributed by atoms with Crippen LogP contribution < -0.4 is 5.32 Å². The van der Waals surface area contributed by atoms with Crippen molar-refractivity contribution < 1.29 is 4.79 Å². The van der Waals surface area contributed by atoms with Crippen molar-refractivity contribution in [2.45, 2.75) is 6.54 Å². The fraction of sp³-hybridized carbons (Fsp3) is 0.0667. The first-order valence-corrected chi connectivity index (χ1v) is 7.34. The van der Waals surface area contributed by atoms with Gasteiger partial charge in [-0.3, -0.25) is 14.5 Å². The molecule has 0 atom stereocenters. The second-order valence-corrected chi connectivity index (χ2v) is 5.51. The van der Waals surface area contributed by atoms with Crippen molar-refractivity contribution >= 4 is 27.5 Å². The van der Waals surface area contributed by atoms with E-state index in [1.807, 2.05) is 24.3 Å². The molecule has 0 fully saturated rings. The van der Waals surface area contributed by atoms with E-state index < -0.39 is 0 Å². The van der Waals surface area contributed by atoms with Crippen LogP contribution in [0.4, 0.5) is 5.69 Å². The van der Waals surface area contributed by atoms with Crippen LogP contribution in [0.2, 0.25) is 0 Å². The number of aromatic nitrogens is 4. The van der Waals surface area contributed by atoms with Crippen LogP contribution in [0.15, 0.2) is 59.7 Å². The predicted molar refractivity (Wildman–Crippen MR) is 85.5 cm³/mol. The molecule has 0 aliphatic carbocycles. The van der Waals surface area contributed by atoms with Crippen LogP contribution in [-0.4, -0.2) is 25.7 Å². The summed E-state index contributed by atoms with van der Waals surface area (Å²) in [5.74, 6) is -0.309. The maximum atomic E-state index is 12.0. The number of hydrogen-bond donors (Lipinski definition) is 1. The van der Waals surface area contributed by atoms with E-state index in [2.05, 4.69) is 36.3 Å². The third-order valence-corrected chi connectivity index (χ3v) is 3.47. The quantitative estimate of drug-likeness (QED) is 0.778. The molecule has 0 saturated heterocycles. The van der Waals surface area contributed by atoms with Crippen molar-refractivity contribution in [2.24, 2.45) is 0 Å². The Morgan fingerprint density at radius 1 is 1.18 bits per heavy atom. The maximum absolute atomic E-state index is 12.0. The molecular weight excluding hydrogens is 346 g/mol. The van der Waals surface area contributed by atoms with E-state index in [1.165, 1.54) is 18.6 Å². The summed E-state index contributed by atoms with van der Waals surface area (Å²) < 4.78 is 2.80. The minimum atomic E-state index is -0.309. The standard InChI is InChI=1S/C15H12BrN5O/c16-12-3-1-11(2-4-12)9-21-10-13(7-19-21)20-15(22)14-8-17-5-6-18-14/h1-8,10H,9H2,(H,20,22). The van der Waals surface area contributed by atoms with E-state index in [9.17, 15) is 4.79 Å². The van der Waals surface area contributed by atoms with Crippen LogP contribution in [0.25, 0.3) is 0 Å².